The van der Waals surface area contributed by atoms with Crippen molar-refractivity contribution < 1.29 is 48.8 Å². The molecule has 0 spiro atoms. The fraction of sp³-hybridized carbons (Fsp3) is 0.850. The van der Waals surface area contributed by atoms with Crippen LogP contribution in [0.15, 0.2) is 0 Å². The summed E-state index contributed by atoms with van der Waals surface area (Å²) in [6, 6.07) is 0. The highest BCUT2D eigenvalue weighted by Gasteiger charge is 2.45. The maximum Gasteiger partial charge on any atom is 0.254 e. The number of aliphatic hydroxyl groups is 3. The average molecular weight is 588 g/mol. The van der Waals surface area contributed by atoms with Crippen LogP contribution in [0.5, 0.6) is 0 Å². The molecule has 3 amide bonds. The van der Waals surface area contributed by atoms with Crippen LogP contribution < -0.4 is 5.32 Å². The lowest BCUT2D eigenvalue weighted by atomic mass is 10.2. The van der Waals surface area contributed by atoms with Gasteiger partial charge in [0.25, 0.3) is 11.8 Å². The summed E-state index contributed by atoms with van der Waals surface area (Å²) in [5, 5.41) is 32.1. The molecule has 5 atom stereocenters. The Labute approximate surface area is 206 Å². The Bertz CT molecular complexity index is 622. The van der Waals surface area contributed by atoms with Crippen molar-refractivity contribution in [3.05, 3.63) is 0 Å². The Balaban J connectivity index is 1.40. The van der Waals surface area contributed by atoms with Crippen LogP contribution in [0.1, 0.15) is 44.9 Å². The van der Waals surface area contributed by atoms with Gasteiger partial charge in [-0.3, -0.25) is 14.4 Å². The van der Waals surface area contributed by atoms with E-state index in [1.54, 1.807) is 0 Å². The Morgan fingerprint density at radius 3 is 2.36 bits per heavy atom. The number of carbonyl (C=O) groups is 3. The van der Waals surface area contributed by atoms with Crippen LogP contribution >= 0.6 is 22.6 Å². The molecule has 2 rings (SSSR count). The number of rotatable bonds is 18. The molecule has 0 aromatic carbocycles. The van der Waals surface area contributed by atoms with Crippen LogP contribution in [-0.4, -0.2) is 99.8 Å². The number of hydrogen-bond acceptors (Lipinski definition) is 10. The van der Waals surface area contributed by atoms with Crippen LogP contribution in [0.2, 0.25) is 0 Å². The van der Waals surface area contributed by atoms with E-state index in [1.807, 2.05) is 22.6 Å². The van der Waals surface area contributed by atoms with Crippen molar-refractivity contribution in [3.63, 3.8) is 0 Å². The van der Waals surface area contributed by atoms with Gasteiger partial charge < -0.3 is 34.8 Å². The molecule has 2 aliphatic rings. The highest BCUT2D eigenvalue weighted by Crippen LogP contribution is 2.30. The van der Waals surface area contributed by atoms with Crippen molar-refractivity contribution >= 4 is 40.3 Å². The third-order valence-corrected chi connectivity index (χ3v) is 5.54. The Morgan fingerprint density at radius 2 is 1.73 bits per heavy atom. The van der Waals surface area contributed by atoms with Gasteiger partial charge in [0.1, 0.15) is 10.2 Å². The molecule has 190 valence electrons. The molecule has 2 saturated heterocycles. The van der Waals surface area contributed by atoms with E-state index in [0.29, 0.717) is 25.7 Å². The zero-order chi connectivity index (χ0) is 24.2. The van der Waals surface area contributed by atoms with Crippen molar-refractivity contribution in [1.82, 2.24) is 10.4 Å². The zero-order valence-corrected chi connectivity index (χ0v) is 20.6. The molecule has 2 heterocycles. The molecule has 13 heteroatoms. The first kappa shape index (κ1) is 28.3. The lowest BCUT2D eigenvalue weighted by molar-refractivity contribution is -0.201. The normalized spacial score (nSPS) is 23.0. The maximum absolute atomic E-state index is 11.9. The monoisotopic (exact) mass is 588 g/mol. The van der Waals surface area contributed by atoms with E-state index in [1.165, 1.54) is 0 Å². The van der Waals surface area contributed by atoms with Crippen LogP contribution in [-0.2, 0) is 33.4 Å². The SMILES string of the molecule is O=C(CCC1OC1ON1C(=O)CCC1=O)NCC(O)COCCOCC(O)CCCC(O)I. The number of amides is 3. The van der Waals surface area contributed by atoms with Gasteiger partial charge in [-0.05, 0) is 25.7 Å². The van der Waals surface area contributed by atoms with Gasteiger partial charge in [-0.1, -0.05) is 22.6 Å². The van der Waals surface area contributed by atoms with E-state index in [0.717, 1.165) is 5.06 Å². The van der Waals surface area contributed by atoms with Crippen molar-refractivity contribution in [2.75, 3.05) is 33.0 Å². The Morgan fingerprint density at radius 1 is 1.09 bits per heavy atom. The fourth-order valence-corrected chi connectivity index (χ4v) is 3.46. The van der Waals surface area contributed by atoms with Gasteiger partial charge in [-0.15, -0.1) is 0 Å². The number of hydroxylamine groups is 2. The number of nitrogens with zero attached hydrogens (tertiary/aromatic N) is 1. The molecule has 0 aromatic heterocycles. The molecular formula is C20H33IN2O10. The summed E-state index contributed by atoms with van der Waals surface area (Å²) in [4.78, 5) is 40.0. The minimum absolute atomic E-state index is 0.0271. The number of carbonyl (C=O) groups excluding carboxylic acids is 3. The number of imide groups is 1. The summed E-state index contributed by atoms with van der Waals surface area (Å²) in [6.45, 7) is 0.750. The number of halogens is 1. The number of aliphatic hydroxyl groups excluding tert-OH is 3. The number of nitrogens with one attached hydrogen (secondary N) is 1. The highest BCUT2D eigenvalue weighted by molar-refractivity contribution is 14.1. The van der Waals surface area contributed by atoms with E-state index < -0.39 is 34.4 Å². The number of epoxide rings is 1. The summed E-state index contributed by atoms with van der Waals surface area (Å²) in [7, 11) is 0. The van der Waals surface area contributed by atoms with Gasteiger partial charge in [0, 0.05) is 25.8 Å². The lowest BCUT2D eigenvalue weighted by Crippen LogP contribution is -2.35. The first-order valence-electron chi connectivity index (χ1n) is 11.0. The maximum atomic E-state index is 11.9. The van der Waals surface area contributed by atoms with Gasteiger partial charge in [0.2, 0.25) is 12.2 Å². The van der Waals surface area contributed by atoms with Gasteiger partial charge in [-0.2, -0.15) is 5.06 Å². The Kier molecular flexibility index (Phi) is 13.0. The van der Waals surface area contributed by atoms with Crippen molar-refractivity contribution in [2.24, 2.45) is 0 Å². The molecule has 2 aliphatic heterocycles. The first-order chi connectivity index (χ1) is 15.8. The molecule has 0 saturated carbocycles. The number of ether oxygens (including phenoxy) is 3. The molecule has 12 nitrogen and oxygen atoms in total. The minimum Gasteiger partial charge on any atom is -0.391 e. The van der Waals surface area contributed by atoms with Crippen LogP contribution in [0.4, 0.5) is 0 Å². The summed E-state index contributed by atoms with van der Waals surface area (Å²) >= 11 is 1.92. The second kappa shape index (κ2) is 15.1. The van der Waals surface area contributed by atoms with E-state index in [9.17, 15) is 24.6 Å². The lowest BCUT2D eigenvalue weighted by Gasteiger charge is -2.14. The number of hydrogen-bond donors (Lipinski definition) is 4. The molecule has 0 bridgehead atoms. The van der Waals surface area contributed by atoms with Crippen molar-refractivity contribution in [3.8, 4) is 0 Å². The number of alkyl halides is 1. The Hall–Kier alpha value is -0.940. The van der Waals surface area contributed by atoms with E-state index in [-0.39, 0.29) is 64.2 Å². The summed E-state index contributed by atoms with van der Waals surface area (Å²) in [5.74, 6) is -1.06. The molecule has 4 N–H and O–H groups in total. The zero-order valence-electron chi connectivity index (χ0n) is 18.4. The second-order valence-corrected chi connectivity index (χ2v) is 9.33. The largest absolute Gasteiger partial charge is 0.391 e. The first-order valence-corrected chi connectivity index (χ1v) is 12.3. The standard InChI is InChI=1S/C20H33IN2O10/c21-16(26)3-1-2-13(24)11-30-8-9-31-12-14(25)10-22-17(27)5-4-15-20(32-15)33-23-18(28)6-7-19(23)29/h13-16,20,24-26H,1-12H2,(H,22,27). The average Bonchev–Trinajstić information content (AvgIpc) is 3.44. The summed E-state index contributed by atoms with van der Waals surface area (Å²) in [6.07, 6.45) is 0.141. The predicted molar refractivity (Wildman–Crippen MR) is 121 cm³/mol. The molecule has 5 unspecified atom stereocenters. The second-order valence-electron chi connectivity index (χ2n) is 7.90. The van der Waals surface area contributed by atoms with Crippen LogP contribution in [0.3, 0.4) is 0 Å². The van der Waals surface area contributed by atoms with E-state index in [4.69, 9.17) is 24.2 Å². The molecule has 0 radical (unpaired) electrons. The molecule has 0 aromatic rings. The van der Waals surface area contributed by atoms with Gasteiger partial charge in [-0.25, -0.2) is 4.84 Å². The predicted octanol–water partition coefficient (Wildman–Crippen LogP) is -0.633. The van der Waals surface area contributed by atoms with Gasteiger partial charge in [0.15, 0.2) is 0 Å². The smallest absolute Gasteiger partial charge is 0.254 e. The molecule has 33 heavy (non-hydrogen) atoms. The highest BCUT2D eigenvalue weighted by atomic mass is 127. The topological polar surface area (TPSA) is 167 Å². The summed E-state index contributed by atoms with van der Waals surface area (Å²) < 4.78 is 15.4. The van der Waals surface area contributed by atoms with Gasteiger partial charge >= 0.3 is 0 Å². The van der Waals surface area contributed by atoms with E-state index in [2.05, 4.69) is 5.32 Å². The van der Waals surface area contributed by atoms with Crippen LogP contribution in [0, 0.1) is 0 Å². The van der Waals surface area contributed by atoms with Crippen molar-refractivity contribution in [2.45, 2.75) is 73.7 Å². The van der Waals surface area contributed by atoms with Gasteiger partial charge in [0.05, 0.1) is 38.6 Å². The van der Waals surface area contributed by atoms with E-state index >= 15 is 0 Å². The summed E-state index contributed by atoms with van der Waals surface area (Å²) in [5.41, 5.74) is 0. The quantitative estimate of drug-likeness (QED) is 0.0532. The molecule has 2 fully saturated rings. The van der Waals surface area contributed by atoms with Crippen molar-refractivity contribution in [1.29, 1.82) is 0 Å². The third kappa shape index (κ3) is 11.8. The molecular weight excluding hydrogens is 555 g/mol. The third-order valence-electron chi connectivity index (χ3n) is 4.91. The fourth-order valence-electron chi connectivity index (χ4n) is 3.02. The van der Waals surface area contributed by atoms with Crippen LogP contribution in [0.25, 0.3) is 0 Å². The minimum atomic E-state index is -0.875. The molecule has 0 aliphatic carbocycles.